The number of carbonyl (C=O) groups excluding carboxylic acids is 1. The van der Waals surface area contributed by atoms with Gasteiger partial charge in [-0.2, -0.15) is 0 Å². The van der Waals surface area contributed by atoms with Gasteiger partial charge in [-0.15, -0.1) is 0 Å². The number of aromatic nitrogens is 1. The molecule has 1 amide bonds. The summed E-state index contributed by atoms with van der Waals surface area (Å²) in [6, 6.07) is 23.8. The molecule has 3 aromatic carbocycles. The summed E-state index contributed by atoms with van der Waals surface area (Å²) in [6.45, 7) is 0.126. The molecule has 0 fully saturated rings. The molecular weight excluding hydrogens is 435 g/mol. The molecule has 4 rings (SSSR count). The van der Waals surface area contributed by atoms with Gasteiger partial charge in [0.15, 0.2) is 0 Å². The van der Waals surface area contributed by atoms with Crippen molar-refractivity contribution in [1.82, 2.24) is 10.3 Å². The van der Waals surface area contributed by atoms with E-state index in [1.807, 2.05) is 48.5 Å². The second-order valence-electron chi connectivity index (χ2n) is 7.51. The number of aliphatic carboxylic acids is 1. The van der Waals surface area contributed by atoms with Crippen molar-refractivity contribution in [3.05, 3.63) is 114 Å². The molecule has 0 aliphatic heterocycles. The smallest absolute Gasteiger partial charge is 0.307 e. The Labute approximate surface area is 195 Å². The lowest BCUT2D eigenvalue weighted by Crippen LogP contribution is -2.24. The molecule has 0 unspecified atom stereocenters. The molecule has 7 heteroatoms. The van der Waals surface area contributed by atoms with Gasteiger partial charge in [0.2, 0.25) is 5.88 Å². The SMILES string of the molecule is O=C(O)Cc1cc(-c2ccccc2)ccc1CNC(=O)c1cccnc1Oc1ccc(F)cc1. The van der Waals surface area contributed by atoms with E-state index in [9.17, 15) is 19.1 Å². The predicted molar refractivity (Wildman–Crippen MR) is 125 cm³/mol. The summed E-state index contributed by atoms with van der Waals surface area (Å²) < 4.78 is 18.8. The van der Waals surface area contributed by atoms with Crippen LogP contribution in [0.15, 0.2) is 91.1 Å². The Morgan fingerprint density at radius 2 is 1.65 bits per heavy atom. The largest absolute Gasteiger partial charge is 0.481 e. The molecule has 0 atom stereocenters. The number of rotatable bonds is 8. The van der Waals surface area contributed by atoms with Gasteiger partial charge in [-0.05, 0) is 58.7 Å². The van der Waals surface area contributed by atoms with Gasteiger partial charge in [0.1, 0.15) is 17.1 Å². The topological polar surface area (TPSA) is 88.5 Å². The highest BCUT2D eigenvalue weighted by Crippen LogP contribution is 2.25. The van der Waals surface area contributed by atoms with Crippen molar-refractivity contribution in [3.63, 3.8) is 0 Å². The zero-order chi connectivity index (χ0) is 23.9. The minimum Gasteiger partial charge on any atom is -0.481 e. The van der Waals surface area contributed by atoms with Crippen LogP contribution in [0, 0.1) is 5.82 Å². The Morgan fingerprint density at radius 1 is 0.882 bits per heavy atom. The predicted octanol–water partition coefficient (Wildman–Crippen LogP) is 5.24. The Kier molecular flexibility index (Phi) is 6.93. The van der Waals surface area contributed by atoms with Crippen molar-refractivity contribution in [2.24, 2.45) is 0 Å². The quantitative estimate of drug-likeness (QED) is 0.379. The Balaban J connectivity index is 1.52. The molecule has 0 spiro atoms. The number of carboxylic acids is 1. The molecule has 6 nitrogen and oxygen atoms in total. The average Bonchev–Trinajstić information content (AvgIpc) is 2.85. The first-order valence-corrected chi connectivity index (χ1v) is 10.6. The van der Waals surface area contributed by atoms with Crippen LogP contribution in [0.1, 0.15) is 21.5 Å². The fourth-order valence-electron chi connectivity index (χ4n) is 3.47. The van der Waals surface area contributed by atoms with E-state index in [-0.39, 0.29) is 24.4 Å². The number of amides is 1. The van der Waals surface area contributed by atoms with Crippen LogP contribution in [0.25, 0.3) is 11.1 Å². The summed E-state index contributed by atoms with van der Waals surface area (Å²) in [4.78, 5) is 28.4. The highest BCUT2D eigenvalue weighted by atomic mass is 19.1. The molecule has 4 aromatic rings. The fourth-order valence-corrected chi connectivity index (χ4v) is 3.47. The number of halogens is 1. The number of nitrogens with one attached hydrogen (secondary N) is 1. The van der Waals surface area contributed by atoms with Gasteiger partial charge in [0.05, 0.1) is 6.42 Å². The third-order valence-electron chi connectivity index (χ3n) is 5.14. The summed E-state index contributed by atoms with van der Waals surface area (Å²) in [7, 11) is 0. The molecule has 1 heterocycles. The van der Waals surface area contributed by atoms with Crippen LogP contribution in [0.2, 0.25) is 0 Å². The molecule has 0 saturated carbocycles. The molecule has 170 valence electrons. The number of ether oxygens (including phenoxy) is 1. The Morgan fingerprint density at radius 3 is 2.38 bits per heavy atom. The van der Waals surface area contributed by atoms with Crippen LogP contribution in [0.3, 0.4) is 0 Å². The summed E-state index contributed by atoms with van der Waals surface area (Å²) in [5.74, 6) is -1.37. The van der Waals surface area contributed by atoms with Gasteiger partial charge < -0.3 is 15.2 Å². The number of carboxylic acid groups (broad SMARTS) is 1. The molecule has 1 aromatic heterocycles. The molecule has 0 saturated heterocycles. The fraction of sp³-hybridized carbons (Fsp3) is 0.0741. The van der Waals surface area contributed by atoms with E-state index in [1.54, 1.807) is 12.1 Å². The maximum atomic E-state index is 13.2. The van der Waals surface area contributed by atoms with Crippen LogP contribution >= 0.6 is 0 Å². The molecular formula is C27H21FN2O4. The second-order valence-corrected chi connectivity index (χ2v) is 7.51. The number of carbonyl (C=O) groups is 2. The normalized spacial score (nSPS) is 10.5. The average molecular weight is 456 g/mol. The van der Waals surface area contributed by atoms with Crippen molar-refractivity contribution < 1.29 is 23.8 Å². The van der Waals surface area contributed by atoms with Crippen molar-refractivity contribution in [1.29, 1.82) is 0 Å². The molecule has 0 bridgehead atoms. The number of benzene rings is 3. The highest BCUT2D eigenvalue weighted by molar-refractivity contribution is 5.96. The summed E-state index contributed by atoms with van der Waals surface area (Å²) in [5, 5.41) is 12.2. The first kappa shape index (κ1) is 22.7. The summed E-state index contributed by atoms with van der Waals surface area (Å²) in [5.41, 5.74) is 3.38. The van der Waals surface area contributed by atoms with E-state index >= 15 is 0 Å². The number of hydrogen-bond acceptors (Lipinski definition) is 4. The summed E-state index contributed by atoms with van der Waals surface area (Å²) in [6.07, 6.45) is 1.32. The van der Waals surface area contributed by atoms with Crippen molar-refractivity contribution >= 4 is 11.9 Å². The molecule has 0 radical (unpaired) electrons. The maximum Gasteiger partial charge on any atom is 0.307 e. The third kappa shape index (κ3) is 5.63. The standard InChI is InChI=1S/C27H21FN2O4/c28-22-10-12-23(13-11-22)34-27-24(7-4-14-29-27)26(33)30-17-20-9-8-19(15-21(20)16-25(31)32)18-5-2-1-3-6-18/h1-15H,16-17H2,(H,30,33)(H,31,32). The van der Waals surface area contributed by atoms with Crippen molar-refractivity contribution in [3.8, 4) is 22.8 Å². The van der Waals surface area contributed by atoms with E-state index in [0.29, 0.717) is 16.9 Å². The van der Waals surface area contributed by atoms with Gasteiger partial charge in [0.25, 0.3) is 5.91 Å². The maximum absolute atomic E-state index is 13.2. The number of pyridine rings is 1. The van der Waals surface area contributed by atoms with Crippen LogP contribution in [0.4, 0.5) is 4.39 Å². The van der Waals surface area contributed by atoms with Crippen LogP contribution in [-0.2, 0) is 17.8 Å². The van der Waals surface area contributed by atoms with Gasteiger partial charge in [-0.3, -0.25) is 9.59 Å². The highest BCUT2D eigenvalue weighted by Gasteiger charge is 2.16. The van der Waals surface area contributed by atoms with E-state index < -0.39 is 17.7 Å². The van der Waals surface area contributed by atoms with Crippen LogP contribution in [0.5, 0.6) is 11.6 Å². The second kappa shape index (κ2) is 10.4. The monoisotopic (exact) mass is 456 g/mol. The van der Waals surface area contributed by atoms with Gasteiger partial charge in [0, 0.05) is 12.7 Å². The number of hydrogen-bond donors (Lipinski definition) is 2. The first-order valence-electron chi connectivity index (χ1n) is 10.6. The van der Waals surface area contributed by atoms with Gasteiger partial charge in [-0.1, -0.05) is 48.5 Å². The Bertz CT molecular complexity index is 1310. The van der Waals surface area contributed by atoms with E-state index in [1.165, 1.54) is 30.5 Å². The van der Waals surface area contributed by atoms with Crippen LogP contribution in [-0.4, -0.2) is 22.0 Å². The van der Waals surface area contributed by atoms with Crippen molar-refractivity contribution in [2.75, 3.05) is 0 Å². The lowest BCUT2D eigenvalue weighted by Gasteiger charge is -2.13. The zero-order valence-electron chi connectivity index (χ0n) is 18.1. The lowest BCUT2D eigenvalue weighted by atomic mass is 9.97. The van der Waals surface area contributed by atoms with E-state index in [2.05, 4.69) is 10.3 Å². The first-order chi connectivity index (χ1) is 16.5. The Hall–Kier alpha value is -4.52. The minimum atomic E-state index is -0.958. The molecule has 0 aliphatic rings. The molecule has 2 N–H and O–H groups in total. The number of nitrogens with zero attached hydrogens (tertiary/aromatic N) is 1. The molecule has 0 aliphatic carbocycles. The van der Waals surface area contributed by atoms with Crippen LogP contribution < -0.4 is 10.1 Å². The zero-order valence-corrected chi connectivity index (χ0v) is 18.1. The van der Waals surface area contributed by atoms with E-state index in [4.69, 9.17) is 4.74 Å². The van der Waals surface area contributed by atoms with Crippen molar-refractivity contribution in [2.45, 2.75) is 13.0 Å². The van der Waals surface area contributed by atoms with E-state index in [0.717, 1.165) is 11.1 Å². The lowest BCUT2D eigenvalue weighted by molar-refractivity contribution is -0.136. The third-order valence-corrected chi connectivity index (χ3v) is 5.14. The van der Waals surface area contributed by atoms with Gasteiger partial charge >= 0.3 is 5.97 Å². The van der Waals surface area contributed by atoms with Gasteiger partial charge in [-0.25, -0.2) is 9.37 Å². The minimum absolute atomic E-state index is 0.0804. The summed E-state index contributed by atoms with van der Waals surface area (Å²) >= 11 is 0. The molecule has 34 heavy (non-hydrogen) atoms.